The second-order valence-corrected chi connectivity index (χ2v) is 5.45. The minimum absolute atomic E-state index is 0.0460. The van der Waals surface area contributed by atoms with E-state index in [2.05, 4.69) is 10.6 Å². The number of benzene rings is 1. The zero-order chi connectivity index (χ0) is 15.4. The van der Waals surface area contributed by atoms with Crippen molar-refractivity contribution in [3.05, 3.63) is 29.8 Å². The van der Waals surface area contributed by atoms with Gasteiger partial charge >= 0.3 is 0 Å². The highest BCUT2D eigenvalue weighted by molar-refractivity contribution is 5.99. The number of hydrogen-bond donors (Lipinski definition) is 2. The van der Waals surface area contributed by atoms with Gasteiger partial charge in [0.2, 0.25) is 11.8 Å². The summed E-state index contributed by atoms with van der Waals surface area (Å²) < 4.78 is 0. The van der Waals surface area contributed by atoms with Gasteiger partial charge in [-0.3, -0.25) is 9.59 Å². The summed E-state index contributed by atoms with van der Waals surface area (Å²) in [5.74, 6) is -0.692. The topological polar surface area (TPSA) is 82.0 Å². The lowest BCUT2D eigenvalue weighted by atomic mass is 10.2. The van der Waals surface area contributed by atoms with Crippen molar-refractivity contribution < 1.29 is 9.59 Å². The summed E-state index contributed by atoms with van der Waals surface area (Å²) in [7, 11) is 0. The molecule has 1 aliphatic rings. The monoisotopic (exact) mass is 285 g/mol. The van der Waals surface area contributed by atoms with E-state index in [4.69, 9.17) is 5.26 Å². The van der Waals surface area contributed by atoms with Crippen LogP contribution >= 0.6 is 0 Å². The van der Waals surface area contributed by atoms with E-state index in [1.54, 1.807) is 24.3 Å². The highest BCUT2D eigenvalue weighted by Crippen LogP contribution is 2.39. The Hall–Kier alpha value is -2.35. The Morgan fingerprint density at radius 2 is 2.10 bits per heavy atom. The number of carbonyl (C=O) groups excluding carboxylic acids is 2. The van der Waals surface area contributed by atoms with Gasteiger partial charge in [-0.25, -0.2) is 0 Å². The highest BCUT2D eigenvalue weighted by atomic mass is 16.2. The van der Waals surface area contributed by atoms with Gasteiger partial charge < -0.3 is 10.6 Å². The quantitative estimate of drug-likeness (QED) is 0.868. The van der Waals surface area contributed by atoms with Crippen molar-refractivity contribution in [1.29, 1.82) is 5.26 Å². The molecule has 0 spiro atoms. The summed E-state index contributed by atoms with van der Waals surface area (Å²) in [5.41, 5.74) is 1.08. The molecule has 2 rings (SSSR count). The zero-order valence-electron chi connectivity index (χ0n) is 12.2. The van der Waals surface area contributed by atoms with Crippen LogP contribution in [0.1, 0.15) is 32.3 Å². The Morgan fingerprint density at radius 1 is 1.38 bits per heavy atom. The minimum atomic E-state index is -0.264. The van der Waals surface area contributed by atoms with E-state index in [1.165, 1.54) is 0 Å². The van der Waals surface area contributed by atoms with Crippen LogP contribution in [0.4, 0.5) is 5.69 Å². The van der Waals surface area contributed by atoms with Gasteiger partial charge in [0.25, 0.3) is 0 Å². The van der Waals surface area contributed by atoms with E-state index >= 15 is 0 Å². The molecule has 0 bridgehead atoms. The molecule has 1 fully saturated rings. The molecule has 0 saturated heterocycles. The van der Waals surface area contributed by atoms with E-state index in [9.17, 15) is 9.59 Å². The second kappa shape index (κ2) is 6.40. The molecular formula is C16H19N3O2. The first-order valence-corrected chi connectivity index (χ1v) is 7.16. The van der Waals surface area contributed by atoms with E-state index < -0.39 is 0 Å². The van der Waals surface area contributed by atoms with Gasteiger partial charge in [-0.2, -0.15) is 5.26 Å². The van der Waals surface area contributed by atoms with Crippen LogP contribution in [0.5, 0.6) is 0 Å². The molecule has 21 heavy (non-hydrogen) atoms. The Morgan fingerprint density at radius 3 is 2.76 bits per heavy atom. The maximum Gasteiger partial charge on any atom is 0.228 e. The van der Waals surface area contributed by atoms with Crippen molar-refractivity contribution >= 4 is 17.5 Å². The average molecular weight is 285 g/mol. The molecule has 3 atom stereocenters. The fraction of sp³-hybridized carbons (Fsp3) is 0.438. The molecule has 110 valence electrons. The van der Waals surface area contributed by atoms with E-state index in [0.717, 1.165) is 6.42 Å². The van der Waals surface area contributed by atoms with Crippen LogP contribution in [0, 0.1) is 23.2 Å². The molecular weight excluding hydrogens is 266 g/mol. The lowest BCUT2D eigenvalue weighted by molar-refractivity contribution is -0.125. The lowest BCUT2D eigenvalue weighted by Crippen LogP contribution is -2.34. The molecule has 0 aliphatic heterocycles. The molecule has 3 unspecified atom stereocenters. The largest absolute Gasteiger partial charge is 0.353 e. The third kappa shape index (κ3) is 3.82. The average Bonchev–Trinajstić information content (AvgIpc) is 3.28. The molecule has 2 amide bonds. The van der Waals surface area contributed by atoms with Gasteiger partial charge in [0.15, 0.2) is 0 Å². The van der Waals surface area contributed by atoms with Crippen LogP contribution in [0.3, 0.4) is 0 Å². The molecule has 0 aromatic heterocycles. The molecule has 2 N–H and O–H groups in total. The minimum Gasteiger partial charge on any atom is -0.353 e. The number of nitrogens with one attached hydrogen (secondary N) is 2. The number of amides is 2. The first kappa shape index (κ1) is 15.0. The Balaban J connectivity index is 1.88. The number of nitrogens with zero attached hydrogens (tertiary/aromatic N) is 1. The van der Waals surface area contributed by atoms with Gasteiger partial charge in [-0.15, -0.1) is 0 Å². The number of anilines is 1. The van der Waals surface area contributed by atoms with Crippen LogP contribution in [0.15, 0.2) is 24.3 Å². The summed E-state index contributed by atoms with van der Waals surface area (Å²) in [5, 5.41) is 14.5. The number of rotatable bonds is 5. The first-order valence-electron chi connectivity index (χ1n) is 7.16. The third-order valence-electron chi connectivity index (χ3n) is 3.72. The van der Waals surface area contributed by atoms with Crippen molar-refractivity contribution in [2.45, 2.75) is 32.7 Å². The maximum atomic E-state index is 12.1. The molecule has 1 aliphatic carbocycles. The van der Waals surface area contributed by atoms with Gasteiger partial charge in [0.05, 0.1) is 23.5 Å². The van der Waals surface area contributed by atoms with Crippen molar-refractivity contribution in [3.8, 4) is 6.07 Å². The molecule has 0 radical (unpaired) electrons. The van der Waals surface area contributed by atoms with E-state index in [-0.39, 0.29) is 29.7 Å². The third-order valence-corrected chi connectivity index (χ3v) is 3.72. The van der Waals surface area contributed by atoms with Gasteiger partial charge in [-0.05, 0) is 38.0 Å². The van der Waals surface area contributed by atoms with E-state index in [0.29, 0.717) is 17.7 Å². The predicted molar refractivity (Wildman–Crippen MR) is 79.3 cm³/mol. The summed E-state index contributed by atoms with van der Waals surface area (Å²) in [6.07, 6.45) is 1.46. The van der Waals surface area contributed by atoms with Crippen LogP contribution in [-0.2, 0) is 9.59 Å². The Kier molecular flexibility index (Phi) is 4.59. The fourth-order valence-electron chi connectivity index (χ4n) is 2.13. The van der Waals surface area contributed by atoms with Crippen LogP contribution in [0.2, 0.25) is 0 Å². The number of hydrogen-bond acceptors (Lipinski definition) is 3. The Bertz CT molecular complexity index is 591. The molecule has 1 saturated carbocycles. The van der Waals surface area contributed by atoms with Gasteiger partial charge in [0, 0.05) is 11.7 Å². The summed E-state index contributed by atoms with van der Waals surface area (Å²) in [6, 6.07) is 8.90. The highest BCUT2D eigenvalue weighted by Gasteiger charge is 2.48. The molecule has 5 nitrogen and oxygen atoms in total. The molecule has 1 aromatic carbocycles. The predicted octanol–water partition coefficient (Wildman–Crippen LogP) is 2.05. The van der Waals surface area contributed by atoms with Crippen LogP contribution in [-0.4, -0.2) is 17.9 Å². The smallest absolute Gasteiger partial charge is 0.228 e. The lowest BCUT2D eigenvalue weighted by Gasteiger charge is -2.11. The maximum absolute atomic E-state index is 12.1. The SMILES string of the molecule is CCC(C)NC(=O)C1CC1C(=O)Nc1cccc(C#N)c1. The van der Waals surface area contributed by atoms with Crippen molar-refractivity contribution in [2.75, 3.05) is 5.32 Å². The summed E-state index contributed by atoms with van der Waals surface area (Å²) in [6.45, 7) is 3.95. The van der Waals surface area contributed by atoms with Gasteiger partial charge in [0.1, 0.15) is 0 Å². The number of carbonyl (C=O) groups is 2. The van der Waals surface area contributed by atoms with Gasteiger partial charge in [-0.1, -0.05) is 13.0 Å². The second-order valence-electron chi connectivity index (χ2n) is 5.45. The fourth-order valence-corrected chi connectivity index (χ4v) is 2.13. The number of nitriles is 1. The molecule has 0 heterocycles. The normalized spacial score (nSPS) is 21.0. The zero-order valence-corrected chi connectivity index (χ0v) is 12.2. The van der Waals surface area contributed by atoms with Crippen LogP contribution < -0.4 is 10.6 Å². The molecule has 5 heteroatoms. The summed E-state index contributed by atoms with van der Waals surface area (Å²) in [4.78, 5) is 24.0. The molecule has 1 aromatic rings. The van der Waals surface area contributed by atoms with Crippen molar-refractivity contribution in [2.24, 2.45) is 11.8 Å². The first-order chi connectivity index (χ1) is 10.0. The standard InChI is InChI=1S/C16H19N3O2/c1-3-10(2)18-15(20)13-8-14(13)16(21)19-12-6-4-5-11(7-12)9-17/h4-7,10,13-14H,3,8H2,1-2H3,(H,18,20)(H,19,21). The summed E-state index contributed by atoms with van der Waals surface area (Å²) >= 11 is 0. The van der Waals surface area contributed by atoms with Crippen molar-refractivity contribution in [1.82, 2.24) is 5.32 Å². The van der Waals surface area contributed by atoms with E-state index in [1.807, 2.05) is 19.9 Å². The van der Waals surface area contributed by atoms with Crippen LogP contribution in [0.25, 0.3) is 0 Å². The van der Waals surface area contributed by atoms with Crippen molar-refractivity contribution in [3.63, 3.8) is 0 Å². The Labute approximate surface area is 124 Å².